The smallest absolute Gasteiger partial charge is 0.336 e. The van der Waals surface area contributed by atoms with E-state index in [1.165, 1.54) is 0 Å². The summed E-state index contributed by atoms with van der Waals surface area (Å²) in [6.45, 7) is 4.52. The largest absolute Gasteiger partial charge is 0.478 e. The number of benzene rings is 2. The number of tetrazole rings is 1. The van der Waals surface area contributed by atoms with Crippen LogP contribution in [0.5, 0.6) is 0 Å². The lowest BCUT2D eigenvalue weighted by molar-refractivity contribution is -0.133. The van der Waals surface area contributed by atoms with Gasteiger partial charge in [-0.05, 0) is 35.2 Å². The number of halogens is 1. The zero-order valence-corrected chi connectivity index (χ0v) is 19.3. The van der Waals surface area contributed by atoms with Gasteiger partial charge in [-0.1, -0.05) is 73.5 Å². The number of aromatic amines is 1. The quantitative estimate of drug-likeness (QED) is 0.461. The third kappa shape index (κ3) is 4.80. The number of nitrogens with zero attached hydrogens (tertiary/aromatic N) is 5. The number of carboxylic acid groups (broad SMARTS) is 1. The van der Waals surface area contributed by atoms with E-state index in [1.807, 2.05) is 60.4 Å². The zero-order chi connectivity index (χ0) is 23.4. The summed E-state index contributed by atoms with van der Waals surface area (Å²) in [6, 6.07) is 15.7. The molecule has 0 spiro atoms. The summed E-state index contributed by atoms with van der Waals surface area (Å²) in [6.07, 6.45) is 2.73. The van der Waals surface area contributed by atoms with Gasteiger partial charge in [-0.3, -0.25) is 0 Å². The zero-order valence-electron chi connectivity index (χ0n) is 18.5. The maximum Gasteiger partial charge on any atom is 0.336 e. The Hall–Kier alpha value is -3.52. The molecule has 1 aromatic heterocycles. The molecule has 8 nitrogen and oxygen atoms in total. The van der Waals surface area contributed by atoms with Gasteiger partial charge in [0.25, 0.3) is 0 Å². The van der Waals surface area contributed by atoms with Crippen LogP contribution < -0.4 is 0 Å². The molecule has 4 rings (SSSR count). The Bertz CT molecular complexity index is 1190. The van der Waals surface area contributed by atoms with Crippen molar-refractivity contribution in [2.75, 3.05) is 0 Å². The molecule has 2 heterocycles. The van der Waals surface area contributed by atoms with E-state index in [-0.39, 0.29) is 16.8 Å². The van der Waals surface area contributed by atoms with Gasteiger partial charge >= 0.3 is 5.97 Å². The van der Waals surface area contributed by atoms with Crippen molar-refractivity contribution in [3.05, 3.63) is 64.8 Å². The van der Waals surface area contributed by atoms with Gasteiger partial charge in [-0.2, -0.15) is 5.21 Å². The van der Waals surface area contributed by atoms with Crippen molar-refractivity contribution in [1.29, 1.82) is 0 Å². The molecule has 9 heteroatoms. The summed E-state index contributed by atoms with van der Waals surface area (Å²) in [5, 5.41) is 24.1. The number of hydrogen-bond acceptors (Lipinski definition) is 6. The molecule has 0 bridgehead atoms. The van der Waals surface area contributed by atoms with Crippen molar-refractivity contribution in [1.82, 2.24) is 25.5 Å². The Morgan fingerprint density at radius 1 is 1.15 bits per heavy atom. The Labute approximate surface area is 197 Å². The fraction of sp³-hybridized carbons (Fsp3) is 0.292. The Balaban J connectivity index is 1.60. The van der Waals surface area contributed by atoms with Crippen LogP contribution in [0.2, 0.25) is 0 Å². The molecule has 1 aliphatic heterocycles. The Morgan fingerprint density at radius 3 is 2.52 bits per heavy atom. The van der Waals surface area contributed by atoms with Crippen molar-refractivity contribution < 1.29 is 9.90 Å². The van der Waals surface area contributed by atoms with E-state index in [0.29, 0.717) is 12.4 Å². The van der Waals surface area contributed by atoms with Crippen molar-refractivity contribution in [2.45, 2.75) is 45.7 Å². The average Bonchev–Trinajstić information content (AvgIpc) is 3.35. The van der Waals surface area contributed by atoms with Crippen molar-refractivity contribution in [2.24, 2.45) is 4.99 Å². The fourth-order valence-corrected chi connectivity index (χ4v) is 4.35. The van der Waals surface area contributed by atoms with Crippen molar-refractivity contribution in [3.63, 3.8) is 0 Å². The topological polar surface area (TPSA) is 107 Å². The third-order valence-corrected chi connectivity index (χ3v) is 6.07. The normalized spacial score (nSPS) is 16.2. The van der Waals surface area contributed by atoms with E-state index >= 15 is 0 Å². The molecule has 2 aromatic carbocycles. The van der Waals surface area contributed by atoms with E-state index in [9.17, 15) is 9.90 Å². The molecule has 0 amide bonds. The molecular formula is C24H25ClN6O2. The number of aliphatic imine (C=N–C) groups is 1. The van der Waals surface area contributed by atoms with Crippen LogP contribution in [0.1, 0.15) is 38.7 Å². The molecule has 0 saturated carbocycles. The van der Waals surface area contributed by atoms with Crippen LogP contribution in [-0.4, -0.2) is 48.5 Å². The molecule has 3 aromatic rings. The van der Waals surface area contributed by atoms with E-state index < -0.39 is 5.97 Å². The summed E-state index contributed by atoms with van der Waals surface area (Å²) in [5.41, 5.74) is 4.10. The number of nitrogens with one attached hydrogen (secondary N) is 1. The third-order valence-electron chi connectivity index (χ3n) is 5.78. The standard InChI is InChI=1S/C24H25ClN6O2/c1-3-4-9-20-26-22(25)21(24(32)33)15(2)31(20)14-16-10-12-17(13-11-16)18-7-5-6-8-19(18)23-27-29-30-28-23/h5-8,10-13,15H,3-4,9,14H2,1-2H3,(H,32,33)(H,27,28,29,30). The van der Waals surface area contributed by atoms with Gasteiger partial charge in [-0.15, -0.1) is 10.2 Å². The highest BCUT2D eigenvalue weighted by Crippen LogP contribution is 2.31. The Morgan fingerprint density at radius 2 is 1.88 bits per heavy atom. The van der Waals surface area contributed by atoms with Crippen LogP contribution in [0.25, 0.3) is 22.5 Å². The second-order valence-electron chi connectivity index (χ2n) is 7.92. The van der Waals surface area contributed by atoms with Crippen LogP contribution in [0.4, 0.5) is 0 Å². The highest BCUT2D eigenvalue weighted by atomic mass is 35.5. The average molecular weight is 465 g/mol. The monoisotopic (exact) mass is 464 g/mol. The summed E-state index contributed by atoms with van der Waals surface area (Å²) >= 11 is 6.23. The van der Waals surface area contributed by atoms with Gasteiger partial charge < -0.3 is 10.0 Å². The molecule has 2 N–H and O–H groups in total. The van der Waals surface area contributed by atoms with Crippen LogP contribution in [0, 0.1) is 0 Å². The van der Waals surface area contributed by atoms with E-state index in [2.05, 4.69) is 32.5 Å². The van der Waals surface area contributed by atoms with E-state index in [1.54, 1.807) is 0 Å². The van der Waals surface area contributed by atoms with Crippen LogP contribution in [0.15, 0.2) is 64.3 Å². The number of carbonyl (C=O) groups is 1. The second-order valence-corrected chi connectivity index (χ2v) is 8.28. The minimum Gasteiger partial charge on any atom is -0.478 e. The van der Waals surface area contributed by atoms with Crippen LogP contribution >= 0.6 is 11.6 Å². The van der Waals surface area contributed by atoms with E-state index in [4.69, 9.17) is 11.6 Å². The number of amidine groups is 1. The highest BCUT2D eigenvalue weighted by Gasteiger charge is 2.32. The minimum absolute atomic E-state index is 0.0748. The lowest BCUT2D eigenvalue weighted by Gasteiger charge is -2.36. The molecule has 170 valence electrons. The fourth-order valence-electron chi connectivity index (χ4n) is 4.01. The van der Waals surface area contributed by atoms with Gasteiger partial charge in [-0.25, -0.2) is 9.79 Å². The summed E-state index contributed by atoms with van der Waals surface area (Å²) in [7, 11) is 0. The minimum atomic E-state index is -1.04. The number of unbranched alkanes of at least 4 members (excludes halogenated alkanes) is 1. The molecule has 33 heavy (non-hydrogen) atoms. The molecular weight excluding hydrogens is 440 g/mol. The summed E-state index contributed by atoms with van der Waals surface area (Å²) in [5.74, 6) is 0.327. The number of aliphatic carboxylic acids is 1. The van der Waals surface area contributed by atoms with Gasteiger partial charge in [0, 0.05) is 18.5 Å². The lowest BCUT2D eigenvalue weighted by atomic mass is 9.97. The molecule has 1 unspecified atom stereocenters. The first kappa shape index (κ1) is 22.7. The number of H-pyrrole nitrogens is 1. The number of aromatic nitrogens is 4. The summed E-state index contributed by atoms with van der Waals surface area (Å²) in [4.78, 5) is 18.2. The van der Waals surface area contributed by atoms with Crippen LogP contribution in [0.3, 0.4) is 0 Å². The highest BCUT2D eigenvalue weighted by molar-refractivity contribution is 6.32. The molecule has 1 atom stereocenters. The second kappa shape index (κ2) is 9.95. The molecule has 0 saturated heterocycles. The number of rotatable bonds is 8. The van der Waals surface area contributed by atoms with Crippen molar-refractivity contribution >= 4 is 23.4 Å². The van der Waals surface area contributed by atoms with Crippen LogP contribution in [-0.2, 0) is 11.3 Å². The molecule has 0 radical (unpaired) electrons. The van der Waals surface area contributed by atoms with Gasteiger partial charge in [0.2, 0.25) is 5.82 Å². The summed E-state index contributed by atoms with van der Waals surface area (Å²) < 4.78 is 0. The Kier molecular flexibility index (Phi) is 6.84. The van der Waals surface area contributed by atoms with Gasteiger partial charge in [0.05, 0.1) is 11.6 Å². The predicted molar refractivity (Wildman–Crippen MR) is 128 cm³/mol. The molecule has 0 aliphatic carbocycles. The number of carboxylic acids is 1. The van der Waals surface area contributed by atoms with E-state index in [0.717, 1.165) is 47.4 Å². The van der Waals surface area contributed by atoms with Crippen molar-refractivity contribution in [3.8, 4) is 22.5 Å². The van der Waals surface area contributed by atoms with Gasteiger partial charge in [0.15, 0.2) is 0 Å². The number of hydrogen-bond donors (Lipinski definition) is 2. The maximum absolute atomic E-state index is 11.8. The molecule has 0 fully saturated rings. The first-order chi connectivity index (χ1) is 16.0. The predicted octanol–water partition coefficient (Wildman–Crippen LogP) is 4.86. The maximum atomic E-state index is 11.8. The first-order valence-corrected chi connectivity index (χ1v) is 11.3. The SMILES string of the molecule is CCCCC1=NC(Cl)=C(C(=O)O)C(C)N1Cc1ccc(-c2ccccc2-c2nn[nH]n2)cc1. The molecule has 1 aliphatic rings. The first-order valence-electron chi connectivity index (χ1n) is 10.9. The lowest BCUT2D eigenvalue weighted by Crippen LogP contribution is -2.43. The van der Waals surface area contributed by atoms with Gasteiger partial charge in [0.1, 0.15) is 11.0 Å².